The molecule has 3 heterocycles. The lowest BCUT2D eigenvalue weighted by molar-refractivity contribution is 0.0690. The molecule has 116 valence electrons. The maximum Gasteiger partial charge on any atom is 0.358 e. The van der Waals surface area contributed by atoms with E-state index in [2.05, 4.69) is 33.2 Å². The fourth-order valence-electron chi connectivity index (χ4n) is 2.81. The van der Waals surface area contributed by atoms with Crippen LogP contribution in [0.4, 0.5) is 5.69 Å². The molecule has 0 aliphatic carbocycles. The van der Waals surface area contributed by atoms with Crippen LogP contribution in [0.1, 0.15) is 42.0 Å². The first-order chi connectivity index (χ1) is 10.7. The highest BCUT2D eigenvalue weighted by Crippen LogP contribution is 2.26. The standard InChI is InChI=1S/C15H19N5O2/c1-2-11-8-12(5-6-16-11)19-7-3-4-13(9-19)20-10-14(15(21)22)17-18-20/h5-6,8,10,13H,2-4,7,9H2,1H3,(H,21,22). The fraction of sp³-hybridized carbons (Fsp3) is 0.467. The van der Waals surface area contributed by atoms with E-state index in [9.17, 15) is 4.79 Å². The van der Waals surface area contributed by atoms with Crippen molar-refractivity contribution < 1.29 is 9.90 Å². The lowest BCUT2D eigenvalue weighted by Crippen LogP contribution is -2.36. The van der Waals surface area contributed by atoms with Crippen LogP contribution in [0.3, 0.4) is 0 Å². The molecule has 0 aromatic carbocycles. The van der Waals surface area contributed by atoms with Crippen LogP contribution in [0.25, 0.3) is 0 Å². The number of rotatable bonds is 4. The smallest absolute Gasteiger partial charge is 0.358 e. The molecular weight excluding hydrogens is 282 g/mol. The van der Waals surface area contributed by atoms with Crippen LogP contribution in [0.5, 0.6) is 0 Å². The molecule has 3 rings (SSSR count). The highest BCUT2D eigenvalue weighted by Gasteiger charge is 2.23. The van der Waals surface area contributed by atoms with E-state index in [-0.39, 0.29) is 11.7 Å². The van der Waals surface area contributed by atoms with E-state index in [1.165, 1.54) is 6.20 Å². The van der Waals surface area contributed by atoms with Crippen molar-refractivity contribution in [1.29, 1.82) is 0 Å². The topological polar surface area (TPSA) is 84.1 Å². The summed E-state index contributed by atoms with van der Waals surface area (Å²) in [5, 5.41) is 16.6. The Bertz CT molecular complexity index is 669. The third-order valence-corrected chi connectivity index (χ3v) is 4.03. The minimum Gasteiger partial charge on any atom is -0.476 e. The Morgan fingerprint density at radius 1 is 1.50 bits per heavy atom. The van der Waals surface area contributed by atoms with Gasteiger partial charge in [0.2, 0.25) is 0 Å². The summed E-state index contributed by atoms with van der Waals surface area (Å²) >= 11 is 0. The number of anilines is 1. The van der Waals surface area contributed by atoms with Crippen LogP contribution in [0.15, 0.2) is 24.5 Å². The van der Waals surface area contributed by atoms with Gasteiger partial charge in [-0.15, -0.1) is 5.10 Å². The second-order valence-electron chi connectivity index (χ2n) is 5.49. The zero-order valence-corrected chi connectivity index (χ0v) is 12.5. The summed E-state index contributed by atoms with van der Waals surface area (Å²) in [6, 6.07) is 4.28. The van der Waals surface area contributed by atoms with Gasteiger partial charge >= 0.3 is 5.97 Å². The molecule has 0 saturated carbocycles. The van der Waals surface area contributed by atoms with Gasteiger partial charge in [-0.25, -0.2) is 9.48 Å². The van der Waals surface area contributed by atoms with Gasteiger partial charge in [0.15, 0.2) is 5.69 Å². The van der Waals surface area contributed by atoms with E-state index in [0.29, 0.717) is 0 Å². The van der Waals surface area contributed by atoms with Gasteiger partial charge in [0.25, 0.3) is 0 Å². The van der Waals surface area contributed by atoms with Crippen LogP contribution in [-0.2, 0) is 6.42 Å². The molecule has 22 heavy (non-hydrogen) atoms. The van der Waals surface area contributed by atoms with Gasteiger partial charge in [-0.1, -0.05) is 12.1 Å². The minimum absolute atomic E-state index is 0.00527. The van der Waals surface area contributed by atoms with E-state index in [0.717, 1.165) is 43.7 Å². The number of pyridine rings is 1. The SMILES string of the molecule is CCc1cc(N2CCCC(n3cc(C(=O)O)nn3)C2)ccn1. The Morgan fingerprint density at radius 3 is 3.09 bits per heavy atom. The third kappa shape index (κ3) is 2.93. The monoisotopic (exact) mass is 301 g/mol. The first-order valence-corrected chi connectivity index (χ1v) is 7.52. The van der Waals surface area contributed by atoms with Crippen molar-refractivity contribution >= 4 is 11.7 Å². The van der Waals surface area contributed by atoms with Crippen molar-refractivity contribution in [2.75, 3.05) is 18.0 Å². The predicted octanol–water partition coefficient (Wildman–Crippen LogP) is 1.78. The summed E-state index contributed by atoms with van der Waals surface area (Å²) in [7, 11) is 0. The Labute approximate surface area is 128 Å². The number of hydrogen-bond acceptors (Lipinski definition) is 5. The molecule has 7 heteroatoms. The molecule has 1 aliphatic rings. The first-order valence-electron chi connectivity index (χ1n) is 7.52. The van der Waals surface area contributed by atoms with Crippen LogP contribution in [0.2, 0.25) is 0 Å². The van der Waals surface area contributed by atoms with Gasteiger partial charge in [0.05, 0.1) is 12.2 Å². The third-order valence-electron chi connectivity index (χ3n) is 4.03. The summed E-state index contributed by atoms with van der Waals surface area (Å²) < 4.78 is 1.68. The minimum atomic E-state index is -1.04. The van der Waals surface area contributed by atoms with Crippen molar-refractivity contribution in [2.24, 2.45) is 0 Å². The summed E-state index contributed by atoms with van der Waals surface area (Å²) in [5.74, 6) is -1.04. The van der Waals surface area contributed by atoms with Crippen LogP contribution in [-0.4, -0.2) is 44.1 Å². The van der Waals surface area contributed by atoms with Crippen molar-refractivity contribution in [2.45, 2.75) is 32.2 Å². The summed E-state index contributed by atoms with van der Waals surface area (Å²) in [5.41, 5.74) is 2.23. The molecule has 0 spiro atoms. The quantitative estimate of drug-likeness (QED) is 0.926. The van der Waals surface area contributed by atoms with Gasteiger partial charge in [0, 0.05) is 30.7 Å². The number of aryl methyl sites for hydroxylation is 1. The molecule has 2 aromatic rings. The second kappa shape index (κ2) is 6.13. The summed E-state index contributed by atoms with van der Waals surface area (Å²) in [4.78, 5) is 17.6. The van der Waals surface area contributed by atoms with Crippen molar-refractivity contribution in [1.82, 2.24) is 20.0 Å². The van der Waals surface area contributed by atoms with E-state index in [4.69, 9.17) is 5.11 Å². The Balaban J connectivity index is 1.77. The van der Waals surface area contributed by atoms with Gasteiger partial charge in [-0.3, -0.25) is 4.98 Å². The highest BCUT2D eigenvalue weighted by atomic mass is 16.4. The largest absolute Gasteiger partial charge is 0.476 e. The molecule has 2 aromatic heterocycles. The number of carboxylic acid groups (broad SMARTS) is 1. The summed E-state index contributed by atoms with van der Waals surface area (Å²) in [6.45, 7) is 3.88. The average molecular weight is 301 g/mol. The molecule has 1 fully saturated rings. The highest BCUT2D eigenvalue weighted by molar-refractivity contribution is 5.84. The molecule has 0 amide bonds. The molecule has 1 aliphatic heterocycles. The first kappa shape index (κ1) is 14.5. The lowest BCUT2D eigenvalue weighted by Gasteiger charge is -2.34. The molecular formula is C15H19N5O2. The zero-order valence-electron chi connectivity index (χ0n) is 12.5. The van der Waals surface area contributed by atoms with E-state index >= 15 is 0 Å². The van der Waals surface area contributed by atoms with Crippen LogP contribution in [0, 0.1) is 0 Å². The maximum atomic E-state index is 10.9. The molecule has 1 atom stereocenters. The van der Waals surface area contributed by atoms with E-state index in [1.54, 1.807) is 4.68 Å². The second-order valence-corrected chi connectivity index (χ2v) is 5.49. The van der Waals surface area contributed by atoms with E-state index in [1.807, 2.05) is 12.3 Å². The number of carbonyl (C=O) groups is 1. The molecule has 1 unspecified atom stereocenters. The van der Waals surface area contributed by atoms with Crippen molar-refractivity contribution in [3.63, 3.8) is 0 Å². The molecule has 1 saturated heterocycles. The molecule has 0 bridgehead atoms. The Kier molecular flexibility index (Phi) is 4.04. The Hall–Kier alpha value is -2.44. The molecule has 1 N–H and O–H groups in total. The Morgan fingerprint density at radius 2 is 2.36 bits per heavy atom. The maximum absolute atomic E-state index is 10.9. The van der Waals surface area contributed by atoms with Crippen LogP contribution >= 0.6 is 0 Å². The fourth-order valence-corrected chi connectivity index (χ4v) is 2.81. The number of piperidine rings is 1. The van der Waals surface area contributed by atoms with Crippen molar-refractivity contribution in [3.8, 4) is 0 Å². The average Bonchev–Trinajstić information content (AvgIpc) is 3.05. The van der Waals surface area contributed by atoms with E-state index < -0.39 is 5.97 Å². The van der Waals surface area contributed by atoms with Gasteiger partial charge < -0.3 is 10.0 Å². The number of nitrogens with zero attached hydrogens (tertiary/aromatic N) is 5. The van der Waals surface area contributed by atoms with Gasteiger partial charge in [-0.05, 0) is 31.4 Å². The zero-order chi connectivity index (χ0) is 15.5. The number of carboxylic acids is 1. The lowest BCUT2D eigenvalue weighted by atomic mass is 10.0. The normalized spacial score (nSPS) is 18.4. The number of aromatic carboxylic acids is 1. The summed E-state index contributed by atoms with van der Waals surface area (Å²) in [6.07, 6.45) is 6.29. The van der Waals surface area contributed by atoms with Crippen molar-refractivity contribution in [3.05, 3.63) is 35.9 Å². The number of hydrogen-bond donors (Lipinski definition) is 1. The predicted molar refractivity (Wildman–Crippen MR) is 81.1 cm³/mol. The molecule has 7 nitrogen and oxygen atoms in total. The van der Waals surface area contributed by atoms with Gasteiger partial charge in [0.1, 0.15) is 0 Å². The molecule has 0 radical (unpaired) electrons. The van der Waals surface area contributed by atoms with Gasteiger partial charge in [-0.2, -0.15) is 0 Å². The van der Waals surface area contributed by atoms with Crippen LogP contribution < -0.4 is 4.90 Å². The number of aromatic nitrogens is 4.